The van der Waals surface area contributed by atoms with Crippen LogP contribution < -0.4 is 0 Å². The molecule has 54 valence electrons. The summed E-state index contributed by atoms with van der Waals surface area (Å²) < 4.78 is 0. The largest absolute Gasteiger partial charge is 0.395 e. The predicted octanol–water partition coefficient (Wildman–Crippen LogP) is 0.834. The number of hydrogen-bond donors (Lipinski definition) is 1. The van der Waals surface area contributed by atoms with Crippen LogP contribution in [-0.2, 0) is 0 Å². The Morgan fingerprint density at radius 2 is 2.22 bits per heavy atom. The molecule has 0 unspecified atom stereocenters. The van der Waals surface area contributed by atoms with E-state index in [0.29, 0.717) is 6.54 Å². The Morgan fingerprint density at radius 1 is 1.67 bits per heavy atom. The van der Waals surface area contributed by atoms with Gasteiger partial charge in [0.2, 0.25) is 0 Å². The molecular weight excluding hydrogens is 114 g/mol. The van der Waals surface area contributed by atoms with Gasteiger partial charge in [-0.1, -0.05) is 6.58 Å². The highest BCUT2D eigenvalue weighted by atomic mass is 16.3. The van der Waals surface area contributed by atoms with Gasteiger partial charge in [0.25, 0.3) is 0 Å². The van der Waals surface area contributed by atoms with E-state index in [0.717, 1.165) is 12.2 Å². The Labute approximate surface area is 56.8 Å². The van der Waals surface area contributed by atoms with E-state index in [1.165, 1.54) is 0 Å². The third-order valence-corrected chi connectivity index (χ3v) is 1.29. The smallest absolute Gasteiger partial charge is 0.0606 e. The Morgan fingerprint density at radius 3 is 2.33 bits per heavy atom. The molecule has 0 aromatic carbocycles. The molecule has 0 aliphatic rings. The highest BCUT2D eigenvalue weighted by molar-refractivity contribution is 4.87. The van der Waals surface area contributed by atoms with Crippen LogP contribution in [0.5, 0.6) is 0 Å². The second-order valence-electron chi connectivity index (χ2n) is 2.04. The van der Waals surface area contributed by atoms with Crippen molar-refractivity contribution in [1.29, 1.82) is 0 Å². The average Bonchev–Trinajstić information content (AvgIpc) is 1.82. The van der Waals surface area contributed by atoms with E-state index in [-0.39, 0.29) is 6.61 Å². The van der Waals surface area contributed by atoms with E-state index in [2.05, 4.69) is 6.58 Å². The van der Waals surface area contributed by atoms with Crippen molar-refractivity contribution in [3.8, 4) is 0 Å². The topological polar surface area (TPSA) is 23.5 Å². The minimum atomic E-state index is 0.209. The van der Waals surface area contributed by atoms with Crippen LogP contribution >= 0.6 is 0 Å². The Kier molecular flexibility index (Phi) is 4.14. The van der Waals surface area contributed by atoms with E-state index < -0.39 is 0 Å². The highest BCUT2D eigenvalue weighted by Gasteiger charge is 1.96. The molecule has 2 heteroatoms. The van der Waals surface area contributed by atoms with Gasteiger partial charge in [0.1, 0.15) is 0 Å². The normalized spacial score (nSPS) is 9.22. The molecule has 0 radical (unpaired) electrons. The summed E-state index contributed by atoms with van der Waals surface area (Å²) in [6.45, 7) is 9.59. The zero-order chi connectivity index (χ0) is 7.28. The van der Waals surface area contributed by atoms with Gasteiger partial charge in [0.15, 0.2) is 0 Å². The number of allylic oxidation sites excluding steroid dienone is 1. The molecule has 0 heterocycles. The fraction of sp³-hybridized carbons (Fsp3) is 0.714. The molecular formula is C7H15NO. The van der Waals surface area contributed by atoms with Crippen LogP contribution in [0.4, 0.5) is 0 Å². The molecule has 0 fully saturated rings. The Balaban J connectivity index is 3.54. The summed E-state index contributed by atoms with van der Waals surface area (Å²) in [7, 11) is 0. The summed E-state index contributed by atoms with van der Waals surface area (Å²) in [6, 6.07) is 0. The minimum Gasteiger partial charge on any atom is -0.395 e. The van der Waals surface area contributed by atoms with Crippen molar-refractivity contribution in [2.45, 2.75) is 13.8 Å². The van der Waals surface area contributed by atoms with Gasteiger partial charge in [0.05, 0.1) is 6.61 Å². The van der Waals surface area contributed by atoms with Crippen LogP contribution in [0.25, 0.3) is 0 Å². The van der Waals surface area contributed by atoms with E-state index in [4.69, 9.17) is 5.11 Å². The lowest BCUT2D eigenvalue weighted by Crippen LogP contribution is -2.23. The first kappa shape index (κ1) is 8.50. The molecule has 0 aromatic rings. The van der Waals surface area contributed by atoms with Gasteiger partial charge >= 0.3 is 0 Å². The van der Waals surface area contributed by atoms with Gasteiger partial charge in [-0.2, -0.15) is 0 Å². The van der Waals surface area contributed by atoms with E-state index in [1.54, 1.807) is 0 Å². The van der Waals surface area contributed by atoms with Crippen molar-refractivity contribution in [3.63, 3.8) is 0 Å². The van der Waals surface area contributed by atoms with Crippen molar-refractivity contribution in [3.05, 3.63) is 12.3 Å². The van der Waals surface area contributed by atoms with Gasteiger partial charge < -0.3 is 10.0 Å². The van der Waals surface area contributed by atoms with Gasteiger partial charge in [-0.05, 0) is 13.8 Å². The van der Waals surface area contributed by atoms with Crippen LogP contribution in [0.3, 0.4) is 0 Å². The standard InChI is InChI=1S/C7H15NO/c1-4-8(5-6-9)7(2)3/h9H,2,4-6H2,1,3H3. The summed E-state index contributed by atoms with van der Waals surface area (Å²) >= 11 is 0. The summed E-state index contributed by atoms with van der Waals surface area (Å²) in [4.78, 5) is 2.03. The van der Waals surface area contributed by atoms with Crippen LogP contribution in [0.2, 0.25) is 0 Å². The number of aliphatic hydroxyl groups is 1. The van der Waals surface area contributed by atoms with Crippen LogP contribution in [0, 0.1) is 0 Å². The first-order valence-corrected chi connectivity index (χ1v) is 3.23. The molecule has 0 aromatic heterocycles. The molecule has 2 nitrogen and oxygen atoms in total. The van der Waals surface area contributed by atoms with E-state index in [9.17, 15) is 0 Å². The van der Waals surface area contributed by atoms with Crippen molar-refractivity contribution < 1.29 is 5.11 Å². The molecule has 1 N–H and O–H groups in total. The van der Waals surface area contributed by atoms with Crippen molar-refractivity contribution in [2.75, 3.05) is 19.7 Å². The lowest BCUT2D eigenvalue weighted by atomic mass is 10.4. The molecule has 0 spiro atoms. The second-order valence-corrected chi connectivity index (χ2v) is 2.04. The third-order valence-electron chi connectivity index (χ3n) is 1.29. The first-order chi connectivity index (χ1) is 4.22. The van der Waals surface area contributed by atoms with Crippen molar-refractivity contribution >= 4 is 0 Å². The van der Waals surface area contributed by atoms with Gasteiger partial charge in [-0.3, -0.25) is 0 Å². The quantitative estimate of drug-likeness (QED) is 0.608. The maximum Gasteiger partial charge on any atom is 0.0606 e. The number of nitrogens with zero attached hydrogens (tertiary/aromatic N) is 1. The van der Waals surface area contributed by atoms with Gasteiger partial charge in [-0.25, -0.2) is 0 Å². The molecule has 0 aliphatic heterocycles. The summed E-state index contributed by atoms with van der Waals surface area (Å²) in [5.41, 5.74) is 1.02. The zero-order valence-corrected chi connectivity index (χ0v) is 6.22. The molecule has 0 bridgehead atoms. The van der Waals surface area contributed by atoms with Crippen molar-refractivity contribution in [1.82, 2.24) is 4.90 Å². The van der Waals surface area contributed by atoms with Crippen LogP contribution in [-0.4, -0.2) is 29.7 Å². The molecule has 0 aliphatic carbocycles. The average molecular weight is 129 g/mol. The molecule has 0 amide bonds. The van der Waals surface area contributed by atoms with Gasteiger partial charge in [0, 0.05) is 18.8 Å². The lowest BCUT2D eigenvalue weighted by Gasteiger charge is -2.20. The van der Waals surface area contributed by atoms with E-state index in [1.807, 2.05) is 18.7 Å². The zero-order valence-electron chi connectivity index (χ0n) is 6.22. The summed E-state index contributed by atoms with van der Waals surface area (Å²) in [5, 5.41) is 8.53. The fourth-order valence-corrected chi connectivity index (χ4v) is 0.740. The number of rotatable bonds is 4. The second kappa shape index (κ2) is 4.39. The molecule has 0 saturated heterocycles. The first-order valence-electron chi connectivity index (χ1n) is 3.23. The molecule has 0 rings (SSSR count). The molecule has 0 saturated carbocycles. The third kappa shape index (κ3) is 3.14. The fourth-order valence-electron chi connectivity index (χ4n) is 0.740. The monoisotopic (exact) mass is 129 g/mol. The number of hydrogen-bond acceptors (Lipinski definition) is 2. The van der Waals surface area contributed by atoms with Crippen molar-refractivity contribution in [2.24, 2.45) is 0 Å². The molecule has 0 atom stereocenters. The minimum absolute atomic E-state index is 0.209. The summed E-state index contributed by atoms with van der Waals surface area (Å²) in [6.07, 6.45) is 0. The lowest BCUT2D eigenvalue weighted by molar-refractivity contribution is 0.232. The summed E-state index contributed by atoms with van der Waals surface area (Å²) in [5.74, 6) is 0. The SMILES string of the molecule is C=C(C)N(CC)CCO. The highest BCUT2D eigenvalue weighted by Crippen LogP contribution is 1.96. The number of aliphatic hydroxyl groups excluding tert-OH is 1. The number of likely N-dealkylation sites (N-methyl/N-ethyl adjacent to an activating group) is 1. The Hall–Kier alpha value is -0.500. The van der Waals surface area contributed by atoms with Gasteiger partial charge in [-0.15, -0.1) is 0 Å². The maximum absolute atomic E-state index is 8.53. The Bertz CT molecular complexity index is 90.9. The van der Waals surface area contributed by atoms with Crippen LogP contribution in [0.15, 0.2) is 12.3 Å². The maximum atomic E-state index is 8.53. The van der Waals surface area contributed by atoms with E-state index >= 15 is 0 Å². The molecule has 9 heavy (non-hydrogen) atoms. The predicted molar refractivity (Wildman–Crippen MR) is 39.1 cm³/mol. The van der Waals surface area contributed by atoms with Crippen LogP contribution in [0.1, 0.15) is 13.8 Å².